The van der Waals surface area contributed by atoms with Crippen LogP contribution in [0.1, 0.15) is 47.5 Å². The molecule has 0 bridgehead atoms. The molecule has 0 aliphatic rings. The first-order chi connectivity index (χ1) is 9.13. The monoisotopic (exact) mass is 270 g/mol. The van der Waals surface area contributed by atoms with Gasteiger partial charge in [0, 0.05) is 26.2 Å². The quantitative estimate of drug-likeness (QED) is 0.473. The highest BCUT2D eigenvalue weighted by molar-refractivity contribution is 5.79. The van der Waals surface area contributed by atoms with Gasteiger partial charge in [0.05, 0.1) is 0 Å². The van der Waals surface area contributed by atoms with Gasteiger partial charge in [-0.3, -0.25) is 4.99 Å². The zero-order chi connectivity index (χ0) is 14.5. The maximum atomic E-state index is 4.60. The highest BCUT2D eigenvalue weighted by Crippen LogP contribution is 1.98. The van der Waals surface area contributed by atoms with Gasteiger partial charge in [0.15, 0.2) is 5.96 Å². The lowest BCUT2D eigenvalue weighted by molar-refractivity contribution is 0.293. The minimum absolute atomic E-state index is 0.715. The molecule has 0 aromatic rings. The normalized spacial score (nSPS) is 12.3. The van der Waals surface area contributed by atoms with E-state index in [2.05, 4.69) is 55.1 Å². The molecule has 0 saturated heterocycles. The summed E-state index contributed by atoms with van der Waals surface area (Å²) in [5.74, 6) is 1.67. The number of likely N-dealkylation sites (N-methyl/N-ethyl adjacent to an activating group) is 1. The molecule has 0 heterocycles. The Morgan fingerprint density at radius 1 is 1.11 bits per heavy atom. The van der Waals surface area contributed by atoms with Crippen molar-refractivity contribution in [3.63, 3.8) is 0 Å². The Hall–Kier alpha value is -0.770. The van der Waals surface area contributed by atoms with Gasteiger partial charge in [-0.25, -0.2) is 0 Å². The molecule has 0 amide bonds. The molecule has 0 aromatic heterocycles. The molecule has 0 saturated carbocycles. The van der Waals surface area contributed by atoms with Crippen LogP contribution in [0.15, 0.2) is 4.99 Å². The summed E-state index contributed by atoms with van der Waals surface area (Å²) in [6, 6.07) is 0. The van der Waals surface area contributed by atoms with E-state index in [1.165, 1.54) is 13.0 Å². The molecule has 0 radical (unpaired) electrons. The van der Waals surface area contributed by atoms with Crippen LogP contribution in [-0.2, 0) is 0 Å². The third-order valence-corrected chi connectivity index (χ3v) is 3.03. The molecule has 0 aliphatic heterocycles. The number of hydrogen-bond acceptors (Lipinski definition) is 2. The Morgan fingerprint density at radius 3 is 2.37 bits per heavy atom. The first kappa shape index (κ1) is 18.2. The van der Waals surface area contributed by atoms with Gasteiger partial charge >= 0.3 is 0 Å². The van der Waals surface area contributed by atoms with Crippen molar-refractivity contribution in [1.29, 1.82) is 0 Å². The zero-order valence-electron chi connectivity index (χ0n) is 13.6. The average Bonchev–Trinajstić information content (AvgIpc) is 2.37. The highest BCUT2D eigenvalue weighted by atomic mass is 15.2. The van der Waals surface area contributed by atoms with Gasteiger partial charge in [0.25, 0.3) is 0 Å². The van der Waals surface area contributed by atoms with Crippen LogP contribution in [0.2, 0.25) is 0 Å². The number of rotatable bonds is 10. The van der Waals surface area contributed by atoms with E-state index < -0.39 is 0 Å². The SMILES string of the molecule is CCCN(CC)CCNC(=NCCC(C)C)NCC. The largest absolute Gasteiger partial charge is 0.357 e. The van der Waals surface area contributed by atoms with Crippen LogP contribution in [0.5, 0.6) is 0 Å². The number of guanidine groups is 1. The number of aliphatic imine (C=N–C) groups is 1. The second-order valence-corrected chi connectivity index (χ2v) is 5.30. The fourth-order valence-electron chi connectivity index (χ4n) is 1.85. The van der Waals surface area contributed by atoms with Crippen molar-refractivity contribution in [2.45, 2.75) is 47.5 Å². The molecule has 19 heavy (non-hydrogen) atoms. The third-order valence-electron chi connectivity index (χ3n) is 3.03. The Kier molecular flexibility index (Phi) is 11.8. The molecule has 0 spiro atoms. The second kappa shape index (κ2) is 12.3. The molecule has 114 valence electrons. The maximum Gasteiger partial charge on any atom is 0.191 e. The van der Waals surface area contributed by atoms with E-state index >= 15 is 0 Å². The average molecular weight is 270 g/mol. The summed E-state index contributed by atoms with van der Waals surface area (Å²) in [6.07, 6.45) is 2.36. The number of nitrogens with one attached hydrogen (secondary N) is 2. The lowest BCUT2D eigenvalue weighted by Gasteiger charge is -2.20. The van der Waals surface area contributed by atoms with Crippen LogP contribution >= 0.6 is 0 Å². The first-order valence-corrected chi connectivity index (χ1v) is 7.88. The summed E-state index contributed by atoms with van der Waals surface area (Å²) in [5.41, 5.74) is 0. The number of nitrogens with zero attached hydrogens (tertiary/aromatic N) is 2. The van der Waals surface area contributed by atoms with Crippen molar-refractivity contribution in [3.05, 3.63) is 0 Å². The van der Waals surface area contributed by atoms with E-state index in [-0.39, 0.29) is 0 Å². The first-order valence-electron chi connectivity index (χ1n) is 7.88. The molecule has 0 fully saturated rings. The van der Waals surface area contributed by atoms with Crippen LogP contribution in [-0.4, -0.2) is 50.1 Å². The minimum Gasteiger partial charge on any atom is -0.357 e. The Labute approximate surface area is 120 Å². The zero-order valence-corrected chi connectivity index (χ0v) is 13.6. The summed E-state index contributed by atoms with van der Waals surface area (Å²) in [7, 11) is 0. The summed E-state index contributed by atoms with van der Waals surface area (Å²) < 4.78 is 0. The van der Waals surface area contributed by atoms with Gasteiger partial charge in [0.2, 0.25) is 0 Å². The predicted molar refractivity (Wildman–Crippen MR) is 85.8 cm³/mol. The van der Waals surface area contributed by atoms with Crippen molar-refractivity contribution in [3.8, 4) is 0 Å². The molecule has 0 rings (SSSR count). The lowest BCUT2D eigenvalue weighted by Crippen LogP contribution is -2.41. The van der Waals surface area contributed by atoms with Crippen molar-refractivity contribution in [2.75, 3.05) is 39.3 Å². The molecule has 0 atom stereocenters. The van der Waals surface area contributed by atoms with Crippen molar-refractivity contribution >= 4 is 5.96 Å². The molecular formula is C15H34N4. The van der Waals surface area contributed by atoms with E-state index in [1.54, 1.807) is 0 Å². The van der Waals surface area contributed by atoms with Gasteiger partial charge < -0.3 is 15.5 Å². The van der Waals surface area contributed by atoms with Crippen molar-refractivity contribution in [2.24, 2.45) is 10.9 Å². The van der Waals surface area contributed by atoms with Crippen LogP contribution in [0, 0.1) is 5.92 Å². The molecular weight excluding hydrogens is 236 g/mol. The lowest BCUT2D eigenvalue weighted by atomic mass is 10.1. The Balaban J connectivity index is 3.98. The highest BCUT2D eigenvalue weighted by Gasteiger charge is 2.02. The van der Waals surface area contributed by atoms with Crippen LogP contribution in [0.25, 0.3) is 0 Å². The Morgan fingerprint density at radius 2 is 1.84 bits per heavy atom. The summed E-state index contributed by atoms with van der Waals surface area (Å²) in [4.78, 5) is 7.06. The van der Waals surface area contributed by atoms with Gasteiger partial charge in [0.1, 0.15) is 0 Å². The molecule has 4 nitrogen and oxygen atoms in total. The maximum absolute atomic E-state index is 4.60. The topological polar surface area (TPSA) is 39.7 Å². The van der Waals surface area contributed by atoms with Gasteiger partial charge in [-0.15, -0.1) is 0 Å². The third kappa shape index (κ3) is 10.8. The van der Waals surface area contributed by atoms with E-state index in [1.807, 2.05) is 0 Å². The van der Waals surface area contributed by atoms with E-state index in [0.717, 1.165) is 45.1 Å². The predicted octanol–water partition coefficient (Wildman–Crippen LogP) is 2.32. The molecule has 0 aliphatic carbocycles. The van der Waals surface area contributed by atoms with Crippen LogP contribution in [0.4, 0.5) is 0 Å². The fraction of sp³-hybridized carbons (Fsp3) is 0.933. The Bertz CT molecular complexity index is 226. The number of hydrogen-bond donors (Lipinski definition) is 2. The van der Waals surface area contributed by atoms with E-state index in [0.29, 0.717) is 5.92 Å². The molecule has 2 N–H and O–H groups in total. The minimum atomic E-state index is 0.715. The summed E-state index contributed by atoms with van der Waals surface area (Å²) in [6.45, 7) is 17.2. The fourth-order valence-corrected chi connectivity index (χ4v) is 1.85. The van der Waals surface area contributed by atoms with Crippen molar-refractivity contribution in [1.82, 2.24) is 15.5 Å². The van der Waals surface area contributed by atoms with Crippen LogP contribution < -0.4 is 10.6 Å². The summed E-state index contributed by atoms with van der Waals surface area (Å²) in [5, 5.41) is 6.72. The van der Waals surface area contributed by atoms with Gasteiger partial charge in [-0.1, -0.05) is 27.7 Å². The van der Waals surface area contributed by atoms with Gasteiger partial charge in [-0.2, -0.15) is 0 Å². The van der Waals surface area contributed by atoms with E-state index in [9.17, 15) is 0 Å². The second-order valence-electron chi connectivity index (χ2n) is 5.30. The summed E-state index contributed by atoms with van der Waals surface area (Å²) >= 11 is 0. The smallest absolute Gasteiger partial charge is 0.191 e. The van der Waals surface area contributed by atoms with Crippen molar-refractivity contribution < 1.29 is 0 Å². The van der Waals surface area contributed by atoms with Gasteiger partial charge in [-0.05, 0) is 38.8 Å². The molecule has 0 unspecified atom stereocenters. The molecule has 4 heteroatoms. The van der Waals surface area contributed by atoms with Crippen LogP contribution in [0.3, 0.4) is 0 Å². The van der Waals surface area contributed by atoms with E-state index in [4.69, 9.17) is 0 Å². The standard InChI is InChI=1S/C15H34N4/c1-6-12-19(8-3)13-11-18-15(16-7-2)17-10-9-14(4)5/h14H,6-13H2,1-5H3,(H2,16,17,18). The molecule has 0 aromatic carbocycles.